The van der Waals surface area contributed by atoms with Crippen LogP contribution in [0.25, 0.3) is 0 Å². The quantitative estimate of drug-likeness (QED) is 0.625. The normalized spacial score (nSPS) is 23.5. The van der Waals surface area contributed by atoms with Crippen molar-refractivity contribution in [2.45, 2.75) is 18.5 Å². The first kappa shape index (κ1) is 15.6. The van der Waals surface area contributed by atoms with Crippen LogP contribution >= 0.6 is 0 Å². The molecule has 0 aromatic heterocycles. The second kappa shape index (κ2) is 6.09. The summed E-state index contributed by atoms with van der Waals surface area (Å²) in [5, 5.41) is 9.72. The highest BCUT2D eigenvalue weighted by atomic mass is 16.5. The number of benzene rings is 1. The summed E-state index contributed by atoms with van der Waals surface area (Å²) in [6.45, 7) is 2.04. The lowest BCUT2D eigenvalue weighted by molar-refractivity contribution is 0.240. The number of anilines is 1. The third kappa shape index (κ3) is 2.62. The second-order valence-electron chi connectivity index (χ2n) is 6.39. The van der Waals surface area contributed by atoms with Gasteiger partial charge >= 0.3 is 0 Å². The molecule has 3 rings (SSSR count). The topological polar surface area (TPSA) is 55.1 Å². The summed E-state index contributed by atoms with van der Waals surface area (Å²) in [7, 11) is 7.64. The summed E-state index contributed by atoms with van der Waals surface area (Å²) in [5.41, 5.74) is 2.17. The molecule has 6 nitrogen and oxygen atoms in total. The molecular weight excluding hydrogens is 290 g/mol. The number of ether oxygens (including phenoxy) is 1. The minimum atomic E-state index is 0.467. The van der Waals surface area contributed by atoms with Crippen molar-refractivity contribution in [1.82, 2.24) is 9.80 Å². The molecule has 2 atom stereocenters. The standard InChI is InChI=1S/C17H23N5O/c1-20(2)11-19-13-5-6-16(23-4)17(12(13)9-18)22-10-15-14(22)7-8-21(15)3/h5-6,11,14-15H,7-8,10H2,1-4H3/b19-11+. The summed E-state index contributed by atoms with van der Waals surface area (Å²) in [6.07, 6.45) is 2.84. The Morgan fingerprint density at radius 1 is 1.39 bits per heavy atom. The molecule has 0 aliphatic carbocycles. The van der Waals surface area contributed by atoms with Crippen LogP contribution in [0.2, 0.25) is 0 Å². The Hall–Kier alpha value is -2.26. The number of likely N-dealkylation sites (tertiary alicyclic amines) is 1. The fourth-order valence-corrected chi connectivity index (χ4v) is 3.48. The number of rotatable bonds is 4. The van der Waals surface area contributed by atoms with Crippen LogP contribution < -0.4 is 9.64 Å². The molecule has 0 bridgehead atoms. The van der Waals surface area contributed by atoms with E-state index in [0.717, 1.165) is 30.9 Å². The Balaban J connectivity index is 2.01. The smallest absolute Gasteiger partial charge is 0.143 e. The van der Waals surface area contributed by atoms with Gasteiger partial charge in [-0.2, -0.15) is 5.26 Å². The number of likely N-dealkylation sites (N-methyl/N-ethyl adjacent to an activating group) is 1. The summed E-state index contributed by atoms with van der Waals surface area (Å²) in [6, 6.07) is 7.14. The first-order valence-corrected chi connectivity index (χ1v) is 7.85. The van der Waals surface area contributed by atoms with Crippen LogP contribution in [0, 0.1) is 11.3 Å². The van der Waals surface area contributed by atoms with Crippen LogP contribution in [0.1, 0.15) is 12.0 Å². The van der Waals surface area contributed by atoms with Crippen LogP contribution in [0.4, 0.5) is 11.4 Å². The average Bonchev–Trinajstić information content (AvgIpc) is 2.79. The maximum atomic E-state index is 9.72. The van der Waals surface area contributed by atoms with E-state index in [0.29, 0.717) is 23.3 Å². The van der Waals surface area contributed by atoms with E-state index in [9.17, 15) is 5.26 Å². The average molecular weight is 313 g/mol. The Morgan fingerprint density at radius 2 is 2.17 bits per heavy atom. The minimum absolute atomic E-state index is 0.467. The number of nitriles is 1. The molecule has 2 saturated heterocycles. The van der Waals surface area contributed by atoms with E-state index >= 15 is 0 Å². The molecule has 23 heavy (non-hydrogen) atoms. The van der Waals surface area contributed by atoms with Crippen molar-refractivity contribution in [3.05, 3.63) is 17.7 Å². The molecule has 2 aliphatic rings. The number of fused-ring (bicyclic) bond motifs is 1. The van der Waals surface area contributed by atoms with Crippen LogP contribution in [0.3, 0.4) is 0 Å². The largest absolute Gasteiger partial charge is 0.495 e. The van der Waals surface area contributed by atoms with Crippen molar-refractivity contribution in [2.24, 2.45) is 4.99 Å². The lowest BCUT2D eigenvalue weighted by Gasteiger charge is -2.48. The zero-order valence-electron chi connectivity index (χ0n) is 14.2. The summed E-state index contributed by atoms with van der Waals surface area (Å²) in [5.74, 6) is 0.748. The van der Waals surface area contributed by atoms with Gasteiger partial charge in [-0.25, -0.2) is 4.99 Å². The maximum absolute atomic E-state index is 9.72. The minimum Gasteiger partial charge on any atom is -0.495 e. The SMILES string of the molecule is COc1ccc(/N=C/N(C)C)c(C#N)c1N1CC2C1CCN2C. The van der Waals surface area contributed by atoms with Gasteiger partial charge in [0.05, 0.1) is 24.8 Å². The van der Waals surface area contributed by atoms with Crippen LogP contribution in [-0.2, 0) is 0 Å². The highest BCUT2D eigenvalue weighted by molar-refractivity contribution is 5.79. The number of hydrogen-bond donors (Lipinski definition) is 0. The van der Waals surface area contributed by atoms with Crippen LogP contribution in [0.15, 0.2) is 17.1 Å². The summed E-state index contributed by atoms with van der Waals surface area (Å²) >= 11 is 0. The van der Waals surface area contributed by atoms with Gasteiger partial charge in [0.15, 0.2) is 0 Å². The van der Waals surface area contributed by atoms with Crippen molar-refractivity contribution in [3.8, 4) is 11.8 Å². The molecule has 2 unspecified atom stereocenters. The van der Waals surface area contributed by atoms with Gasteiger partial charge in [-0.1, -0.05) is 0 Å². The zero-order valence-corrected chi connectivity index (χ0v) is 14.2. The van der Waals surface area contributed by atoms with E-state index in [1.54, 1.807) is 13.4 Å². The fraction of sp³-hybridized carbons (Fsp3) is 0.529. The first-order valence-electron chi connectivity index (χ1n) is 7.85. The highest BCUT2D eigenvalue weighted by Gasteiger charge is 2.47. The van der Waals surface area contributed by atoms with Gasteiger partial charge in [-0.15, -0.1) is 0 Å². The molecule has 0 spiro atoms. The highest BCUT2D eigenvalue weighted by Crippen LogP contribution is 2.44. The van der Waals surface area contributed by atoms with Crippen molar-refractivity contribution in [3.63, 3.8) is 0 Å². The van der Waals surface area contributed by atoms with Crippen molar-refractivity contribution in [1.29, 1.82) is 5.26 Å². The third-order valence-electron chi connectivity index (χ3n) is 4.74. The van der Waals surface area contributed by atoms with E-state index in [2.05, 4.69) is 27.9 Å². The number of nitrogens with zero attached hydrogens (tertiary/aromatic N) is 5. The van der Waals surface area contributed by atoms with Gasteiger partial charge in [-0.05, 0) is 25.6 Å². The third-order valence-corrected chi connectivity index (χ3v) is 4.74. The van der Waals surface area contributed by atoms with Crippen molar-refractivity contribution < 1.29 is 4.74 Å². The second-order valence-corrected chi connectivity index (χ2v) is 6.39. The van der Waals surface area contributed by atoms with Gasteiger partial charge in [0.25, 0.3) is 0 Å². The lowest BCUT2D eigenvalue weighted by Crippen LogP contribution is -2.61. The van der Waals surface area contributed by atoms with Crippen LogP contribution in [0.5, 0.6) is 5.75 Å². The van der Waals surface area contributed by atoms with Crippen molar-refractivity contribution >= 4 is 17.7 Å². The molecule has 0 amide bonds. The van der Waals surface area contributed by atoms with Gasteiger partial charge in [0.2, 0.25) is 0 Å². The molecule has 6 heteroatoms. The predicted molar refractivity (Wildman–Crippen MR) is 91.7 cm³/mol. The number of hydrogen-bond acceptors (Lipinski definition) is 5. The Bertz CT molecular complexity index is 664. The van der Waals surface area contributed by atoms with Gasteiger partial charge in [0.1, 0.15) is 17.4 Å². The van der Waals surface area contributed by atoms with E-state index < -0.39 is 0 Å². The van der Waals surface area contributed by atoms with E-state index in [-0.39, 0.29) is 0 Å². The van der Waals surface area contributed by atoms with E-state index in [1.807, 2.05) is 31.1 Å². The van der Waals surface area contributed by atoms with Crippen LogP contribution in [-0.4, -0.2) is 69.6 Å². The maximum Gasteiger partial charge on any atom is 0.143 e. The van der Waals surface area contributed by atoms with Gasteiger partial charge in [-0.3, -0.25) is 4.90 Å². The van der Waals surface area contributed by atoms with Gasteiger partial charge < -0.3 is 14.5 Å². The molecule has 0 radical (unpaired) electrons. The Labute approximate surface area is 137 Å². The molecule has 2 fully saturated rings. The molecule has 2 aliphatic heterocycles. The predicted octanol–water partition coefficient (Wildman–Crippen LogP) is 1.68. The molecule has 1 aromatic carbocycles. The fourth-order valence-electron chi connectivity index (χ4n) is 3.48. The molecule has 1 aromatic rings. The van der Waals surface area contributed by atoms with E-state index in [4.69, 9.17) is 4.74 Å². The molecule has 0 N–H and O–H groups in total. The molecular formula is C17H23N5O. The monoisotopic (exact) mass is 313 g/mol. The molecule has 2 heterocycles. The zero-order chi connectivity index (χ0) is 16.6. The lowest BCUT2D eigenvalue weighted by atomic mass is 9.94. The van der Waals surface area contributed by atoms with Crippen molar-refractivity contribution in [2.75, 3.05) is 46.2 Å². The number of methoxy groups -OCH3 is 1. The van der Waals surface area contributed by atoms with E-state index in [1.165, 1.54) is 0 Å². The molecule has 0 saturated carbocycles. The Morgan fingerprint density at radius 3 is 2.78 bits per heavy atom. The first-order chi connectivity index (χ1) is 11.1. The summed E-state index contributed by atoms with van der Waals surface area (Å²) in [4.78, 5) is 11.0. The van der Waals surface area contributed by atoms with Gasteiger partial charge in [0, 0.05) is 39.3 Å². The molecule has 122 valence electrons. The Kier molecular flexibility index (Phi) is 4.14. The summed E-state index contributed by atoms with van der Waals surface area (Å²) < 4.78 is 5.53. The number of aliphatic imine (C=N–C) groups is 1.